The minimum Gasteiger partial charge on any atom is -0.363 e. The molecule has 2 fully saturated rings. The average molecular weight is 572 g/mol. The zero-order chi connectivity index (χ0) is 30.7. The molecule has 11 heteroatoms. The van der Waals surface area contributed by atoms with Crippen LogP contribution in [0.5, 0.6) is 0 Å². The van der Waals surface area contributed by atoms with E-state index in [-0.39, 0.29) is 18.2 Å². The molecular formula is C30H45N5O6. The van der Waals surface area contributed by atoms with Crippen LogP contribution in [0.4, 0.5) is 4.79 Å². The summed E-state index contributed by atoms with van der Waals surface area (Å²) in [6.07, 6.45) is 4.37. The third-order valence-electron chi connectivity index (χ3n) is 6.87. The monoisotopic (exact) mass is 571 g/mol. The van der Waals surface area contributed by atoms with Crippen molar-refractivity contribution in [3.8, 4) is 0 Å². The molecule has 1 saturated heterocycles. The lowest BCUT2D eigenvalue weighted by molar-refractivity contribution is -0.143. The van der Waals surface area contributed by atoms with Crippen molar-refractivity contribution in [3.05, 3.63) is 35.9 Å². The first-order valence-corrected chi connectivity index (χ1v) is 14.4. The van der Waals surface area contributed by atoms with E-state index in [1.54, 1.807) is 51.1 Å². The number of rotatable bonds is 11. The first kappa shape index (κ1) is 33.4. The number of hydrogen-bond acceptors (Lipinski definition) is 6. The maximum absolute atomic E-state index is 13.6. The Kier molecular flexibility index (Phi) is 12.5. The van der Waals surface area contributed by atoms with Crippen molar-refractivity contribution >= 4 is 35.3 Å². The highest BCUT2D eigenvalue weighted by Gasteiger charge is 2.43. The number of primary amides is 1. The number of ketones is 2. The lowest BCUT2D eigenvalue weighted by Crippen LogP contribution is -2.60. The van der Waals surface area contributed by atoms with Crippen LogP contribution in [-0.2, 0) is 19.2 Å². The predicted octanol–water partition coefficient (Wildman–Crippen LogP) is 2.33. The standard InChI is InChI=1S/C27H37N5O6.C3H8/c1-27(2,3)22(31-26(38)29-15-20(33)17-8-5-4-6-9-17)25(37)32-13-7-10-19(32)24(36)30-18(14-16-11-12-16)21(34)23(28)35;1-3-2/h4-6,8-9,16,18-19,22H,7,10-15H2,1-3H3,(H2,28,35)(H,30,36)(H2,29,31,38);3H2,1-2H3/t18?,19-,22?;/m0./s1. The summed E-state index contributed by atoms with van der Waals surface area (Å²) in [4.78, 5) is 76.9. The Morgan fingerprint density at radius 3 is 2.12 bits per heavy atom. The fraction of sp³-hybridized carbons (Fsp3) is 0.600. The van der Waals surface area contributed by atoms with E-state index in [0.29, 0.717) is 31.4 Å². The molecule has 0 aromatic heterocycles. The van der Waals surface area contributed by atoms with Crippen LogP contribution < -0.4 is 21.7 Å². The van der Waals surface area contributed by atoms with Gasteiger partial charge in [-0.05, 0) is 30.6 Å². The maximum atomic E-state index is 13.6. The number of Topliss-reactive ketones (excluding diaryl/α,β-unsaturated/α-hetero) is 2. The molecule has 2 aliphatic rings. The van der Waals surface area contributed by atoms with Crippen molar-refractivity contribution in [2.45, 2.75) is 91.3 Å². The van der Waals surface area contributed by atoms with Gasteiger partial charge in [0.25, 0.3) is 5.91 Å². The molecule has 0 radical (unpaired) electrons. The number of benzene rings is 1. The Balaban J connectivity index is 0.00000187. The van der Waals surface area contributed by atoms with E-state index in [1.807, 2.05) is 0 Å². The second-order valence-electron chi connectivity index (χ2n) is 11.8. The Bertz CT molecular complexity index is 1100. The number of hydrogen-bond donors (Lipinski definition) is 4. The summed E-state index contributed by atoms with van der Waals surface area (Å²) >= 11 is 0. The van der Waals surface area contributed by atoms with Gasteiger partial charge in [0.05, 0.1) is 12.6 Å². The zero-order valence-corrected chi connectivity index (χ0v) is 24.8. The normalized spacial score (nSPS) is 17.8. The second-order valence-corrected chi connectivity index (χ2v) is 11.8. The highest BCUT2D eigenvalue weighted by Crippen LogP contribution is 2.34. The fourth-order valence-corrected chi connectivity index (χ4v) is 4.54. The van der Waals surface area contributed by atoms with Crippen LogP contribution in [0.2, 0.25) is 0 Å². The van der Waals surface area contributed by atoms with E-state index in [1.165, 1.54) is 11.3 Å². The molecule has 1 aromatic carbocycles. The highest BCUT2D eigenvalue weighted by atomic mass is 16.2. The van der Waals surface area contributed by atoms with Crippen LogP contribution >= 0.6 is 0 Å². The summed E-state index contributed by atoms with van der Waals surface area (Å²) < 4.78 is 0. The molecule has 226 valence electrons. The van der Waals surface area contributed by atoms with Gasteiger partial charge in [-0.15, -0.1) is 0 Å². The third-order valence-corrected chi connectivity index (χ3v) is 6.87. The highest BCUT2D eigenvalue weighted by molar-refractivity contribution is 6.37. The number of nitrogens with zero attached hydrogens (tertiary/aromatic N) is 1. The summed E-state index contributed by atoms with van der Waals surface area (Å²) in [5, 5.41) is 7.82. The van der Waals surface area contributed by atoms with Crippen molar-refractivity contribution in [3.63, 3.8) is 0 Å². The Morgan fingerprint density at radius 1 is 0.976 bits per heavy atom. The van der Waals surface area contributed by atoms with Crippen molar-refractivity contribution in [1.82, 2.24) is 20.9 Å². The van der Waals surface area contributed by atoms with E-state index in [0.717, 1.165) is 12.8 Å². The smallest absolute Gasteiger partial charge is 0.315 e. The van der Waals surface area contributed by atoms with Gasteiger partial charge in [-0.1, -0.05) is 84.2 Å². The minimum absolute atomic E-state index is 0.244. The Labute approximate surface area is 242 Å². The first-order chi connectivity index (χ1) is 19.3. The summed E-state index contributed by atoms with van der Waals surface area (Å²) in [7, 11) is 0. The summed E-state index contributed by atoms with van der Waals surface area (Å²) in [5.74, 6) is -2.95. The fourth-order valence-electron chi connectivity index (χ4n) is 4.54. The molecule has 1 heterocycles. The van der Waals surface area contributed by atoms with Crippen molar-refractivity contribution < 1.29 is 28.8 Å². The largest absolute Gasteiger partial charge is 0.363 e. The van der Waals surface area contributed by atoms with Gasteiger partial charge in [-0.25, -0.2) is 4.79 Å². The van der Waals surface area contributed by atoms with E-state index >= 15 is 0 Å². The lowest BCUT2D eigenvalue weighted by Gasteiger charge is -2.35. The van der Waals surface area contributed by atoms with Gasteiger partial charge in [-0.2, -0.15) is 0 Å². The number of amides is 5. The quantitative estimate of drug-likeness (QED) is 0.235. The molecule has 3 rings (SSSR count). The second kappa shape index (κ2) is 15.3. The van der Waals surface area contributed by atoms with Crippen molar-refractivity contribution in [1.29, 1.82) is 0 Å². The van der Waals surface area contributed by atoms with Crippen LogP contribution in [-0.4, -0.2) is 71.4 Å². The van der Waals surface area contributed by atoms with Crippen LogP contribution in [0.15, 0.2) is 30.3 Å². The number of carbonyl (C=O) groups is 6. The summed E-state index contributed by atoms with van der Waals surface area (Å²) in [5.41, 5.74) is 4.92. The summed E-state index contributed by atoms with van der Waals surface area (Å²) in [6, 6.07) is 4.99. The molecule has 1 saturated carbocycles. The van der Waals surface area contributed by atoms with Crippen molar-refractivity contribution in [2.24, 2.45) is 17.1 Å². The molecule has 0 spiro atoms. The van der Waals surface area contributed by atoms with Crippen LogP contribution in [0, 0.1) is 11.3 Å². The molecule has 11 nitrogen and oxygen atoms in total. The average Bonchev–Trinajstić information content (AvgIpc) is 3.60. The van der Waals surface area contributed by atoms with E-state index in [2.05, 4.69) is 29.8 Å². The van der Waals surface area contributed by atoms with Crippen LogP contribution in [0.3, 0.4) is 0 Å². The number of nitrogens with one attached hydrogen (secondary N) is 3. The summed E-state index contributed by atoms with van der Waals surface area (Å²) in [6.45, 7) is 9.66. The molecule has 2 unspecified atom stereocenters. The molecule has 1 aliphatic carbocycles. The molecule has 1 aliphatic heterocycles. The molecular weight excluding hydrogens is 526 g/mol. The van der Waals surface area contributed by atoms with Gasteiger partial charge in [0.2, 0.25) is 17.6 Å². The number of carbonyl (C=O) groups excluding carboxylic acids is 6. The topological polar surface area (TPSA) is 168 Å². The molecule has 5 N–H and O–H groups in total. The third kappa shape index (κ3) is 10.3. The first-order valence-electron chi connectivity index (χ1n) is 14.4. The van der Waals surface area contributed by atoms with E-state index in [9.17, 15) is 28.8 Å². The molecule has 3 atom stereocenters. The number of urea groups is 1. The lowest BCUT2D eigenvalue weighted by atomic mass is 9.85. The van der Waals surface area contributed by atoms with Gasteiger partial charge in [0.15, 0.2) is 5.78 Å². The molecule has 5 amide bonds. The van der Waals surface area contributed by atoms with Gasteiger partial charge < -0.3 is 26.6 Å². The molecule has 0 bridgehead atoms. The number of likely N-dealkylation sites (tertiary alicyclic amines) is 1. The van der Waals surface area contributed by atoms with Gasteiger partial charge in [-0.3, -0.25) is 24.0 Å². The maximum Gasteiger partial charge on any atom is 0.315 e. The SMILES string of the molecule is CC(C)(C)C(NC(=O)NCC(=O)c1ccccc1)C(=O)N1CCC[C@H]1C(=O)NC(CC1CC1)C(=O)C(N)=O.CCC. The van der Waals surface area contributed by atoms with Gasteiger partial charge in [0, 0.05) is 12.1 Å². The zero-order valence-electron chi connectivity index (χ0n) is 24.8. The van der Waals surface area contributed by atoms with E-state index < -0.39 is 53.1 Å². The van der Waals surface area contributed by atoms with Crippen LogP contribution in [0.25, 0.3) is 0 Å². The molecule has 1 aromatic rings. The van der Waals surface area contributed by atoms with Gasteiger partial charge in [0.1, 0.15) is 12.1 Å². The van der Waals surface area contributed by atoms with Crippen molar-refractivity contribution in [2.75, 3.05) is 13.1 Å². The Hall–Kier alpha value is -3.76. The minimum atomic E-state index is -1.11. The number of nitrogens with two attached hydrogens (primary N) is 1. The Morgan fingerprint density at radius 2 is 1.59 bits per heavy atom. The predicted molar refractivity (Wildman–Crippen MR) is 155 cm³/mol. The molecule has 41 heavy (non-hydrogen) atoms. The van der Waals surface area contributed by atoms with Crippen LogP contribution in [0.1, 0.15) is 83.5 Å². The van der Waals surface area contributed by atoms with Gasteiger partial charge >= 0.3 is 6.03 Å². The van der Waals surface area contributed by atoms with E-state index in [4.69, 9.17) is 5.73 Å².